The van der Waals surface area contributed by atoms with Crippen molar-refractivity contribution in [1.82, 2.24) is 9.55 Å². The number of fused-ring (bicyclic) bond motifs is 1. The van der Waals surface area contributed by atoms with Crippen LogP contribution in [0.15, 0.2) is 18.2 Å². The van der Waals surface area contributed by atoms with Crippen molar-refractivity contribution in [1.29, 1.82) is 0 Å². The molecule has 0 radical (unpaired) electrons. The zero-order chi connectivity index (χ0) is 14.4. The molecule has 0 N–H and O–H groups in total. The Hall–Kier alpha value is -1.22. The van der Waals surface area contributed by atoms with Crippen LogP contribution in [-0.2, 0) is 0 Å². The van der Waals surface area contributed by atoms with Gasteiger partial charge < -0.3 is 9.30 Å². The van der Waals surface area contributed by atoms with Gasteiger partial charge in [-0.25, -0.2) is 4.98 Å². The highest BCUT2D eigenvalue weighted by Gasteiger charge is 2.37. The summed E-state index contributed by atoms with van der Waals surface area (Å²) in [5.41, 5.74) is 2.07. The lowest BCUT2D eigenvalue weighted by molar-refractivity contribution is 0.245. The van der Waals surface area contributed by atoms with Gasteiger partial charge in [0.05, 0.1) is 17.0 Å². The van der Waals surface area contributed by atoms with E-state index in [-0.39, 0.29) is 11.5 Å². The van der Waals surface area contributed by atoms with Crippen LogP contribution in [0.1, 0.15) is 51.4 Å². The molecule has 1 aliphatic carbocycles. The Labute approximate surface area is 124 Å². The summed E-state index contributed by atoms with van der Waals surface area (Å²) < 4.78 is 8.19. The molecule has 0 bridgehead atoms. The maximum Gasteiger partial charge on any atom is 0.147 e. The van der Waals surface area contributed by atoms with E-state index >= 15 is 0 Å². The lowest BCUT2D eigenvalue weighted by atomic mass is 10.3. The van der Waals surface area contributed by atoms with Gasteiger partial charge in [-0.05, 0) is 45.2 Å². The Morgan fingerprint density at radius 1 is 1.35 bits per heavy atom. The minimum Gasteiger partial charge on any atom is -0.489 e. The molecule has 2 aromatic rings. The van der Waals surface area contributed by atoms with E-state index in [4.69, 9.17) is 21.3 Å². The second-order valence-corrected chi connectivity index (χ2v) is 6.68. The van der Waals surface area contributed by atoms with Crippen LogP contribution in [0.4, 0.5) is 0 Å². The summed E-state index contributed by atoms with van der Waals surface area (Å²) in [6.07, 6.45) is 1.35. The lowest BCUT2D eigenvalue weighted by Crippen LogP contribution is -2.05. The number of benzene rings is 1. The number of hydrogen-bond acceptors (Lipinski definition) is 2. The second kappa shape index (κ2) is 4.96. The van der Waals surface area contributed by atoms with Crippen LogP contribution in [0, 0.1) is 5.92 Å². The molecule has 0 spiro atoms. The number of alkyl halides is 1. The van der Waals surface area contributed by atoms with E-state index in [1.54, 1.807) is 0 Å². The van der Waals surface area contributed by atoms with Crippen molar-refractivity contribution in [2.45, 2.75) is 51.6 Å². The van der Waals surface area contributed by atoms with Gasteiger partial charge in [-0.1, -0.05) is 13.0 Å². The van der Waals surface area contributed by atoms with Crippen LogP contribution in [0.5, 0.6) is 5.75 Å². The average molecular weight is 293 g/mol. The molecule has 3 rings (SSSR count). The zero-order valence-corrected chi connectivity index (χ0v) is 13.2. The molecule has 4 heteroatoms. The fourth-order valence-electron chi connectivity index (χ4n) is 2.75. The van der Waals surface area contributed by atoms with Gasteiger partial charge >= 0.3 is 0 Å². The van der Waals surface area contributed by atoms with E-state index in [1.807, 2.05) is 32.9 Å². The van der Waals surface area contributed by atoms with Crippen molar-refractivity contribution < 1.29 is 4.74 Å². The van der Waals surface area contributed by atoms with Gasteiger partial charge in [-0.15, -0.1) is 11.6 Å². The van der Waals surface area contributed by atoms with Crippen molar-refractivity contribution in [2.24, 2.45) is 5.92 Å². The second-order valence-electron chi connectivity index (χ2n) is 6.03. The minimum absolute atomic E-state index is 0.0953. The van der Waals surface area contributed by atoms with E-state index in [0.29, 0.717) is 12.0 Å². The van der Waals surface area contributed by atoms with Crippen LogP contribution < -0.4 is 4.74 Å². The third-order valence-electron chi connectivity index (χ3n) is 3.83. The van der Waals surface area contributed by atoms with Gasteiger partial charge in [-0.3, -0.25) is 0 Å². The number of imidazole rings is 1. The number of halogens is 1. The van der Waals surface area contributed by atoms with Gasteiger partial charge in [0.15, 0.2) is 0 Å². The van der Waals surface area contributed by atoms with Crippen molar-refractivity contribution in [3.63, 3.8) is 0 Å². The van der Waals surface area contributed by atoms with Gasteiger partial charge in [0.25, 0.3) is 0 Å². The number of nitrogens with zero attached hydrogens (tertiary/aromatic N) is 2. The highest BCUT2D eigenvalue weighted by atomic mass is 35.5. The molecule has 1 aliphatic rings. The largest absolute Gasteiger partial charge is 0.489 e. The first-order valence-electron chi connectivity index (χ1n) is 7.30. The molecular formula is C16H21ClN2O. The molecule has 20 heavy (non-hydrogen) atoms. The summed E-state index contributed by atoms with van der Waals surface area (Å²) in [7, 11) is 0. The van der Waals surface area contributed by atoms with Crippen LogP contribution in [0.2, 0.25) is 0 Å². The van der Waals surface area contributed by atoms with Crippen molar-refractivity contribution in [3.05, 3.63) is 24.0 Å². The third kappa shape index (κ3) is 2.28. The topological polar surface area (TPSA) is 27.1 Å². The first-order chi connectivity index (χ1) is 9.49. The molecule has 0 saturated heterocycles. The maximum atomic E-state index is 6.33. The Balaban J connectivity index is 2.17. The number of aromatic nitrogens is 2. The predicted octanol–water partition coefficient (Wildman–Crippen LogP) is 4.70. The highest BCUT2D eigenvalue weighted by Crippen LogP contribution is 2.47. The summed E-state index contributed by atoms with van der Waals surface area (Å²) >= 11 is 6.33. The highest BCUT2D eigenvalue weighted by molar-refractivity contribution is 6.20. The van der Waals surface area contributed by atoms with E-state index in [2.05, 4.69) is 17.6 Å². The Kier molecular flexibility index (Phi) is 3.41. The van der Waals surface area contributed by atoms with Crippen molar-refractivity contribution >= 4 is 22.6 Å². The van der Waals surface area contributed by atoms with Gasteiger partial charge in [-0.2, -0.15) is 0 Å². The zero-order valence-electron chi connectivity index (χ0n) is 12.4. The summed E-state index contributed by atoms with van der Waals surface area (Å²) in [5.74, 6) is 2.51. The quantitative estimate of drug-likeness (QED) is 0.764. The molecule has 3 unspecified atom stereocenters. The van der Waals surface area contributed by atoms with Gasteiger partial charge in [0.2, 0.25) is 0 Å². The number of ether oxygens (including phenoxy) is 1. The molecule has 108 valence electrons. The van der Waals surface area contributed by atoms with E-state index in [1.165, 1.54) is 6.42 Å². The van der Waals surface area contributed by atoms with Gasteiger partial charge in [0, 0.05) is 6.04 Å². The van der Waals surface area contributed by atoms with Crippen LogP contribution in [-0.4, -0.2) is 15.7 Å². The first-order valence-corrected chi connectivity index (χ1v) is 7.74. The number of para-hydroxylation sites is 1. The van der Waals surface area contributed by atoms with E-state index in [0.717, 1.165) is 22.6 Å². The molecule has 1 saturated carbocycles. The molecule has 1 aromatic carbocycles. The SMILES string of the molecule is CC(C)Oc1cccc2c1nc(C(C)Cl)n2C1CC1C. The van der Waals surface area contributed by atoms with E-state index < -0.39 is 0 Å². The number of rotatable bonds is 4. The fourth-order valence-corrected chi connectivity index (χ4v) is 2.90. The standard InChI is InChI=1S/C16H21ClN2O/c1-9(2)20-14-7-5-6-12-15(14)18-16(11(4)17)19(12)13-8-10(13)3/h5-7,9-11,13H,8H2,1-4H3. The molecule has 3 atom stereocenters. The predicted molar refractivity (Wildman–Crippen MR) is 82.6 cm³/mol. The van der Waals surface area contributed by atoms with Crippen LogP contribution in [0.25, 0.3) is 11.0 Å². The Morgan fingerprint density at radius 3 is 2.60 bits per heavy atom. The summed E-state index contributed by atoms with van der Waals surface area (Å²) in [6.45, 7) is 8.32. The molecule has 1 heterocycles. The number of hydrogen-bond donors (Lipinski definition) is 0. The normalized spacial score (nSPS) is 23.3. The summed E-state index contributed by atoms with van der Waals surface area (Å²) in [5, 5.41) is -0.0953. The average Bonchev–Trinajstić information content (AvgIpc) is 2.95. The smallest absolute Gasteiger partial charge is 0.147 e. The lowest BCUT2D eigenvalue weighted by Gasteiger charge is -2.11. The fraction of sp³-hybridized carbons (Fsp3) is 0.562. The summed E-state index contributed by atoms with van der Waals surface area (Å²) in [4.78, 5) is 4.77. The summed E-state index contributed by atoms with van der Waals surface area (Å²) in [6, 6.07) is 6.67. The third-order valence-corrected chi connectivity index (χ3v) is 4.02. The molecule has 0 aliphatic heterocycles. The van der Waals surface area contributed by atoms with Crippen molar-refractivity contribution in [2.75, 3.05) is 0 Å². The molecule has 0 amide bonds. The maximum absolute atomic E-state index is 6.33. The minimum atomic E-state index is -0.0953. The molecule has 1 fully saturated rings. The Morgan fingerprint density at radius 2 is 2.05 bits per heavy atom. The monoisotopic (exact) mass is 292 g/mol. The van der Waals surface area contributed by atoms with Crippen LogP contribution in [0.3, 0.4) is 0 Å². The van der Waals surface area contributed by atoms with E-state index in [9.17, 15) is 0 Å². The van der Waals surface area contributed by atoms with Gasteiger partial charge in [0.1, 0.15) is 17.1 Å². The molecule has 1 aromatic heterocycles. The molecular weight excluding hydrogens is 272 g/mol. The Bertz CT molecular complexity index is 633. The first kappa shape index (κ1) is 13.7. The van der Waals surface area contributed by atoms with Crippen LogP contribution >= 0.6 is 11.6 Å². The van der Waals surface area contributed by atoms with Crippen molar-refractivity contribution in [3.8, 4) is 5.75 Å². The molecule has 3 nitrogen and oxygen atoms in total.